The average Bonchev–Trinajstić information content (AvgIpc) is 2.75. The molecule has 2 N–H and O–H groups in total. The molecule has 0 radical (unpaired) electrons. The van der Waals surface area contributed by atoms with Crippen LogP contribution in [0.2, 0.25) is 0 Å². The summed E-state index contributed by atoms with van der Waals surface area (Å²) in [5.74, 6) is 0.278. The number of phosphoric acid groups is 1. The van der Waals surface area contributed by atoms with Crippen LogP contribution in [0.4, 0.5) is 0 Å². The van der Waals surface area contributed by atoms with Gasteiger partial charge in [-0.2, -0.15) is 0 Å². The van der Waals surface area contributed by atoms with Gasteiger partial charge < -0.3 is 28.6 Å². The van der Waals surface area contributed by atoms with Crippen molar-refractivity contribution in [3.8, 4) is 0 Å². The van der Waals surface area contributed by atoms with Crippen LogP contribution in [0.25, 0.3) is 0 Å². The second kappa shape index (κ2) is 19.7. The van der Waals surface area contributed by atoms with Crippen molar-refractivity contribution >= 4 is 13.6 Å². The van der Waals surface area contributed by atoms with E-state index in [0.717, 1.165) is 25.2 Å². The quantitative estimate of drug-likeness (QED) is 0.108. The molecule has 0 rings (SSSR count). The molecule has 8 nitrogen and oxygen atoms in total. The Balaban J connectivity index is 4.01. The molecule has 0 aliphatic carbocycles. The molecular weight excluding hydrogens is 469 g/mol. The van der Waals surface area contributed by atoms with E-state index >= 15 is 0 Å². The molecule has 0 aliphatic heterocycles. The van der Waals surface area contributed by atoms with Crippen LogP contribution < -0.4 is 4.89 Å². The fourth-order valence-electron chi connectivity index (χ4n) is 3.80. The minimum Gasteiger partial charge on any atom is -0.756 e. The first kappa shape index (κ1) is 34.7. The second-order valence-electron chi connectivity index (χ2n) is 11.2. The van der Waals surface area contributed by atoms with Crippen LogP contribution in [0.5, 0.6) is 0 Å². The van der Waals surface area contributed by atoms with E-state index in [9.17, 15) is 24.5 Å². The van der Waals surface area contributed by atoms with Crippen LogP contribution >= 0.6 is 7.82 Å². The van der Waals surface area contributed by atoms with E-state index in [0.29, 0.717) is 17.4 Å². The third kappa shape index (κ3) is 21.5. The minimum absolute atomic E-state index is 0.0947. The van der Waals surface area contributed by atoms with E-state index in [4.69, 9.17) is 9.05 Å². The highest BCUT2D eigenvalue weighted by Crippen LogP contribution is 2.40. The smallest absolute Gasteiger partial charge is 0.268 e. The van der Waals surface area contributed by atoms with Gasteiger partial charge in [-0.3, -0.25) is 9.36 Å². The summed E-state index contributed by atoms with van der Waals surface area (Å²) in [5.41, 5.74) is 0. The number of Topliss-reactive ketones (excluding diaryl/α,β-unsaturated/α-hetero) is 1. The summed E-state index contributed by atoms with van der Waals surface area (Å²) in [4.78, 5) is 24.6. The Morgan fingerprint density at radius 2 is 1.34 bits per heavy atom. The highest BCUT2D eigenvalue weighted by atomic mass is 31.2. The first-order valence-corrected chi connectivity index (χ1v) is 15.1. The molecule has 3 atom stereocenters. The zero-order valence-electron chi connectivity index (χ0n) is 23.1. The lowest BCUT2D eigenvalue weighted by Crippen LogP contribution is -2.40. The van der Waals surface area contributed by atoms with E-state index in [1.807, 2.05) is 21.1 Å². The maximum absolute atomic E-state index is 12.5. The molecule has 0 spiro atoms. The topological polar surface area (TPSA) is 116 Å². The zero-order valence-corrected chi connectivity index (χ0v) is 24.0. The lowest BCUT2D eigenvalue weighted by molar-refractivity contribution is -0.870. The molecule has 0 aromatic carbocycles. The van der Waals surface area contributed by atoms with Gasteiger partial charge in [0.05, 0.1) is 27.7 Å². The molecule has 0 saturated heterocycles. The Bertz CT molecular complexity index is 581. The highest BCUT2D eigenvalue weighted by molar-refractivity contribution is 7.45. The summed E-state index contributed by atoms with van der Waals surface area (Å²) in [6.45, 7) is 4.12. The molecule has 0 aromatic rings. The first-order chi connectivity index (χ1) is 16.4. The zero-order chi connectivity index (χ0) is 26.7. The highest BCUT2D eigenvalue weighted by Gasteiger charge is 2.31. The number of quaternary nitrogens is 1. The van der Waals surface area contributed by atoms with E-state index < -0.39 is 32.4 Å². The maximum atomic E-state index is 12.5. The third-order valence-corrected chi connectivity index (χ3v) is 7.05. The molecular formula is C26H54NO7P. The molecule has 0 saturated carbocycles. The van der Waals surface area contributed by atoms with Crippen molar-refractivity contribution in [1.29, 1.82) is 0 Å². The number of carbonyl (C=O) groups is 1. The number of rotatable bonds is 24. The normalized spacial score (nSPS) is 15.8. The third-order valence-electron chi connectivity index (χ3n) is 6.06. The number of carbonyl (C=O) groups excluding carboxylic acids is 1. The van der Waals surface area contributed by atoms with Crippen LogP contribution in [0.3, 0.4) is 0 Å². The largest absolute Gasteiger partial charge is 0.756 e. The summed E-state index contributed by atoms with van der Waals surface area (Å²) in [6, 6.07) is 0. The lowest BCUT2D eigenvalue weighted by Gasteiger charge is -2.30. The van der Waals surface area contributed by atoms with Gasteiger partial charge in [0, 0.05) is 6.42 Å². The van der Waals surface area contributed by atoms with Gasteiger partial charge in [-0.05, 0) is 12.3 Å². The Kier molecular flexibility index (Phi) is 19.5. The lowest BCUT2D eigenvalue weighted by atomic mass is 10.0. The van der Waals surface area contributed by atoms with E-state index in [1.165, 1.54) is 57.8 Å². The average molecular weight is 524 g/mol. The van der Waals surface area contributed by atoms with Crippen LogP contribution in [-0.2, 0) is 18.4 Å². The van der Waals surface area contributed by atoms with E-state index in [1.54, 1.807) is 0 Å². The molecule has 0 heterocycles. The monoisotopic (exact) mass is 523 g/mol. The van der Waals surface area contributed by atoms with Gasteiger partial charge in [-0.1, -0.05) is 90.9 Å². The van der Waals surface area contributed by atoms with Gasteiger partial charge in [0.25, 0.3) is 7.82 Å². The second-order valence-corrected chi connectivity index (χ2v) is 12.6. The Hall–Kier alpha value is -0.340. The molecule has 0 bridgehead atoms. The van der Waals surface area contributed by atoms with Crippen molar-refractivity contribution in [3.63, 3.8) is 0 Å². The molecule has 0 fully saturated rings. The molecule has 0 aromatic heterocycles. The molecule has 2 unspecified atom stereocenters. The Morgan fingerprint density at radius 1 is 0.886 bits per heavy atom. The number of unbranched alkanes of at least 4 members (excludes halogenated alkanes) is 11. The van der Waals surface area contributed by atoms with Crippen LogP contribution in [-0.4, -0.2) is 73.6 Å². The maximum Gasteiger partial charge on any atom is 0.268 e. The number of phosphoric ester groups is 1. The number of ketones is 1. The van der Waals surface area contributed by atoms with Gasteiger partial charge in [0.1, 0.15) is 19.3 Å². The Morgan fingerprint density at radius 3 is 1.77 bits per heavy atom. The number of aliphatic hydroxyl groups is 2. The summed E-state index contributed by atoms with van der Waals surface area (Å²) < 4.78 is 22.3. The number of hydrogen-bond donors (Lipinski definition) is 2. The van der Waals surface area contributed by atoms with Crippen molar-refractivity contribution < 1.29 is 38.0 Å². The van der Waals surface area contributed by atoms with Gasteiger partial charge >= 0.3 is 0 Å². The number of hydrogen-bond acceptors (Lipinski definition) is 7. The summed E-state index contributed by atoms with van der Waals surface area (Å²) in [5, 5.41) is 19.1. The number of nitrogens with zero attached hydrogens (tertiary/aromatic N) is 1. The van der Waals surface area contributed by atoms with E-state index in [2.05, 4.69) is 13.8 Å². The fourth-order valence-corrected chi connectivity index (χ4v) is 4.70. The predicted molar refractivity (Wildman–Crippen MR) is 139 cm³/mol. The van der Waals surface area contributed by atoms with Crippen molar-refractivity contribution in [3.05, 3.63) is 0 Å². The Labute approximate surface area is 214 Å². The van der Waals surface area contributed by atoms with Gasteiger partial charge in [0.2, 0.25) is 0 Å². The summed E-state index contributed by atoms with van der Waals surface area (Å²) in [6.07, 6.45) is 12.2. The summed E-state index contributed by atoms with van der Waals surface area (Å²) >= 11 is 0. The van der Waals surface area contributed by atoms with E-state index in [-0.39, 0.29) is 13.0 Å². The summed E-state index contributed by atoms with van der Waals surface area (Å²) in [7, 11) is 0.879. The molecule has 0 amide bonds. The van der Waals surface area contributed by atoms with Crippen LogP contribution in [0, 0.1) is 5.92 Å². The van der Waals surface area contributed by atoms with Crippen molar-refractivity contribution in [2.45, 2.75) is 116 Å². The van der Waals surface area contributed by atoms with Crippen molar-refractivity contribution in [2.75, 3.05) is 40.9 Å². The van der Waals surface area contributed by atoms with Gasteiger partial charge in [-0.15, -0.1) is 0 Å². The van der Waals surface area contributed by atoms with Gasteiger partial charge in [0.15, 0.2) is 11.9 Å². The van der Waals surface area contributed by atoms with Crippen LogP contribution in [0.1, 0.15) is 104 Å². The molecule has 35 heavy (non-hydrogen) atoms. The first-order valence-electron chi connectivity index (χ1n) is 13.6. The number of likely N-dealkylation sites (N-methyl/N-ethyl adjacent to an activating group) is 1. The van der Waals surface area contributed by atoms with Gasteiger partial charge in [-0.25, -0.2) is 0 Å². The molecule has 9 heteroatoms. The predicted octanol–water partition coefficient (Wildman–Crippen LogP) is 4.60. The molecule has 0 aliphatic rings. The molecule has 210 valence electrons. The standard InChI is InChI=1S/C26H54NO7P/c1-23(2)18-16-14-12-10-8-6-7-9-11-13-15-17-19-24(29)26(25(30)22-28)34-35(31,32)33-21-20-27(3,4)5/h23,25-26,28,30H,6-22H2,1-5H3/t25-,26?/m0/s1. The fraction of sp³-hybridized carbons (Fsp3) is 0.962. The van der Waals surface area contributed by atoms with Crippen molar-refractivity contribution in [1.82, 2.24) is 0 Å². The minimum atomic E-state index is -4.78. The van der Waals surface area contributed by atoms with Crippen molar-refractivity contribution in [2.24, 2.45) is 5.92 Å². The van der Waals surface area contributed by atoms with Crippen LogP contribution in [0.15, 0.2) is 0 Å². The SMILES string of the molecule is CC(C)CCCCCCCCCCCCCCC(=O)C(OP(=O)([O-])OCC[N+](C)(C)C)[C@@H](O)CO. The number of aliphatic hydroxyl groups excluding tert-OH is 2.